The SMILES string of the molecule is O=C1CC(c2ccc(Cl)cc2Cl)=NN1c1ccccn1. The molecule has 1 aromatic carbocycles. The molecule has 2 heterocycles. The summed E-state index contributed by atoms with van der Waals surface area (Å²) < 4.78 is 0. The largest absolute Gasteiger partial charge is 0.272 e. The second kappa shape index (κ2) is 5.23. The average molecular weight is 306 g/mol. The summed E-state index contributed by atoms with van der Waals surface area (Å²) in [6.45, 7) is 0. The van der Waals surface area contributed by atoms with Gasteiger partial charge >= 0.3 is 0 Å². The molecule has 0 aliphatic carbocycles. The standard InChI is InChI=1S/C14H9Cl2N3O/c15-9-4-5-10(11(16)7-9)12-8-14(20)19(18-12)13-3-1-2-6-17-13/h1-7H,8H2. The van der Waals surface area contributed by atoms with E-state index in [1.54, 1.807) is 42.6 Å². The molecule has 4 nitrogen and oxygen atoms in total. The molecule has 0 saturated heterocycles. The number of amides is 1. The second-order valence-corrected chi connectivity index (χ2v) is 5.08. The molecule has 100 valence electrons. The van der Waals surface area contributed by atoms with Crippen LogP contribution in [-0.2, 0) is 4.79 Å². The molecule has 1 aromatic heterocycles. The molecule has 0 saturated carbocycles. The van der Waals surface area contributed by atoms with Crippen LogP contribution in [0.2, 0.25) is 10.0 Å². The van der Waals surface area contributed by atoms with Gasteiger partial charge in [-0.2, -0.15) is 10.1 Å². The minimum Gasteiger partial charge on any atom is -0.272 e. The number of hydrogen-bond donors (Lipinski definition) is 0. The normalized spacial score (nSPS) is 14.6. The minimum atomic E-state index is -0.135. The highest BCUT2D eigenvalue weighted by Gasteiger charge is 2.27. The van der Waals surface area contributed by atoms with Gasteiger partial charge in [-0.15, -0.1) is 0 Å². The van der Waals surface area contributed by atoms with Gasteiger partial charge in [-0.05, 0) is 24.3 Å². The second-order valence-electron chi connectivity index (χ2n) is 4.24. The van der Waals surface area contributed by atoms with Gasteiger partial charge in [-0.1, -0.05) is 35.3 Å². The minimum absolute atomic E-state index is 0.135. The Morgan fingerprint density at radius 3 is 2.70 bits per heavy atom. The Labute approximate surface area is 125 Å². The molecule has 0 N–H and O–H groups in total. The quantitative estimate of drug-likeness (QED) is 0.852. The Morgan fingerprint density at radius 2 is 2.00 bits per heavy atom. The summed E-state index contributed by atoms with van der Waals surface area (Å²) in [6.07, 6.45) is 1.81. The molecule has 20 heavy (non-hydrogen) atoms. The van der Waals surface area contributed by atoms with Crippen molar-refractivity contribution in [2.45, 2.75) is 6.42 Å². The predicted octanol–water partition coefficient (Wildman–Crippen LogP) is 3.53. The highest BCUT2D eigenvalue weighted by molar-refractivity contribution is 6.38. The first-order chi connectivity index (χ1) is 9.65. The van der Waals surface area contributed by atoms with Gasteiger partial charge in [0.2, 0.25) is 0 Å². The fourth-order valence-corrected chi connectivity index (χ4v) is 2.48. The maximum atomic E-state index is 12.0. The molecule has 1 amide bonds. The van der Waals surface area contributed by atoms with Gasteiger partial charge in [0.25, 0.3) is 5.91 Å². The lowest BCUT2D eigenvalue weighted by Gasteiger charge is -2.09. The van der Waals surface area contributed by atoms with Gasteiger partial charge in [0, 0.05) is 16.8 Å². The van der Waals surface area contributed by atoms with Crippen molar-refractivity contribution in [3.05, 3.63) is 58.2 Å². The molecule has 0 fully saturated rings. The van der Waals surface area contributed by atoms with Crippen molar-refractivity contribution in [2.24, 2.45) is 5.10 Å². The van der Waals surface area contributed by atoms with Crippen molar-refractivity contribution in [3.8, 4) is 0 Å². The van der Waals surface area contributed by atoms with Crippen LogP contribution in [0.3, 0.4) is 0 Å². The summed E-state index contributed by atoms with van der Waals surface area (Å²) in [4.78, 5) is 16.2. The number of pyridine rings is 1. The van der Waals surface area contributed by atoms with E-state index in [1.807, 2.05) is 0 Å². The summed E-state index contributed by atoms with van der Waals surface area (Å²) in [7, 11) is 0. The zero-order valence-corrected chi connectivity index (χ0v) is 11.8. The monoisotopic (exact) mass is 305 g/mol. The van der Waals surface area contributed by atoms with Crippen LogP contribution in [0.5, 0.6) is 0 Å². The van der Waals surface area contributed by atoms with Crippen LogP contribution < -0.4 is 5.01 Å². The van der Waals surface area contributed by atoms with E-state index in [9.17, 15) is 4.79 Å². The number of aromatic nitrogens is 1. The van der Waals surface area contributed by atoms with Crippen LogP contribution in [0.4, 0.5) is 5.82 Å². The molecule has 2 aromatic rings. The van der Waals surface area contributed by atoms with Gasteiger partial charge in [-0.25, -0.2) is 4.98 Å². The van der Waals surface area contributed by atoms with Crippen molar-refractivity contribution >= 4 is 40.6 Å². The third-order valence-corrected chi connectivity index (χ3v) is 3.43. The number of hydrazone groups is 1. The first-order valence-electron chi connectivity index (χ1n) is 5.92. The lowest BCUT2D eigenvalue weighted by Crippen LogP contribution is -2.20. The molecule has 1 aliphatic heterocycles. The van der Waals surface area contributed by atoms with Crippen LogP contribution in [0.1, 0.15) is 12.0 Å². The Kier molecular flexibility index (Phi) is 3.42. The fraction of sp³-hybridized carbons (Fsp3) is 0.0714. The number of benzene rings is 1. The Morgan fingerprint density at radius 1 is 1.15 bits per heavy atom. The maximum absolute atomic E-state index is 12.0. The third-order valence-electron chi connectivity index (χ3n) is 2.88. The summed E-state index contributed by atoms with van der Waals surface area (Å²) in [5.74, 6) is 0.363. The van der Waals surface area contributed by atoms with Crippen molar-refractivity contribution in [2.75, 3.05) is 5.01 Å². The topological polar surface area (TPSA) is 45.6 Å². The molecule has 0 unspecified atom stereocenters. The lowest BCUT2D eigenvalue weighted by atomic mass is 10.1. The molecular formula is C14H9Cl2N3O. The molecule has 0 bridgehead atoms. The van der Waals surface area contributed by atoms with E-state index < -0.39 is 0 Å². The number of anilines is 1. The first kappa shape index (κ1) is 13.1. The van der Waals surface area contributed by atoms with Crippen LogP contribution in [0, 0.1) is 0 Å². The van der Waals surface area contributed by atoms with E-state index in [0.717, 1.165) is 0 Å². The van der Waals surface area contributed by atoms with Crippen molar-refractivity contribution in [3.63, 3.8) is 0 Å². The molecule has 0 radical (unpaired) electrons. The Balaban J connectivity index is 1.98. The van der Waals surface area contributed by atoms with Crippen molar-refractivity contribution in [1.82, 2.24) is 4.98 Å². The highest BCUT2D eigenvalue weighted by atomic mass is 35.5. The summed E-state index contributed by atoms with van der Waals surface area (Å²) >= 11 is 12.0. The number of carbonyl (C=O) groups excluding carboxylic acids is 1. The summed E-state index contributed by atoms with van der Waals surface area (Å²) in [5.41, 5.74) is 1.32. The van der Waals surface area contributed by atoms with E-state index in [2.05, 4.69) is 10.1 Å². The van der Waals surface area contributed by atoms with E-state index in [-0.39, 0.29) is 12.3 Å². The maximum Gasteiger partial charge on any atom is 0.254 e. The summed E-state index contributed by atoms with van der Waals surface area (Å²) in [6, 6.07) is 10.4. The van der Waals surface area contributed by atoms with Crippen molar-refractivity contribution in [1.29, 1.82) is 0 Å². The molecular weight excluding hydrogens is 297 g/mol. The average Bonchev–Trinajstić information content (AvgIpc) is 2.81. The van der Waals surface area contributed by atoms with Crippen LogP contribution in [-0.4, -0.2) is 16.6 Å². The van der Waals surface area contributed by atoms with Gasteiger partial charge in [0.15, 0.2) is 5.82 Å². The number of nitrogens with zero attached hydrogens (tertiary/aromatic N) is 3. The fourth-order valence-electron chi connectivity index (χ4n) is 1.96. The molecule has 0 spiro atoms. The molecule has 0 atom stereocenters. The third kappa shape index (κ3) is 2.40. The predicted molar refractivity (Wildman–Crippen MR) is 79.3 cm³/mol. The smallest absolute Gasteiger partial charge is 0.254 e. The first-order valence-corrected chi connectivity index (χ1v) is 6.67. The van der Waals surface area contributed by atoms with E-state index in [4.69, 9.17) is 23.2 Å². The van der Waals surface area contributed by atoms with E-state index in [0.29, 0.717) is 27.1 Å². The Bertz CT molecular complexity index is 701. The number of halogens is 2. The van der Waals surface area contributed by atoms with Gasteiger partial charge in [-0.3, -0.25) is 4.79 Å². The lowest BCUT2D eigenvalue weighted by molar-refractivity contribution is -0.116. The van der Waals surface area contributed by atoms with Gasteiger partial charge in [0.05, 0.1) is 17.2 Å². The van der Waals surface area contributed by atoms with Gasteiger partial charge < -0.3 is 0 Å². The zero-order valence-electron chi connectivity index (χ0n) is 10.3. The summed E-state index contributed by atoms with van der Waals surface area (Å²) in [5, 5.41) is 6.63. The number of carbonyl (C=O) groups is 1. The highest BCUT2D eigenvalue weighted by Crippen LogP contribution is 2.26. The Hall–Kier alpha value is -1.91. The van der Waals surface area contributed by atoms with Crippen LogP contribution in [0.15, 0.2) is 47.7 Å². The number of hydrogen-bond acceptors (Lipinski definition) is 3. The van der Waals surface area contributed by atoms with Crippen LogP contribution >= 0.6 is 23.2 Å². The number of rotatable bonds is 2. The molecule has 1 aliphatic rings. The van der Waals surface area contributed by atoms with E-state index >= 15 is 0 Å². The van der Waals surface area contributed by atoms with Crippen molar-refractivity contribution < 1.29 is 4.79 Å². The molecule has 6 heteroatoms. The van der Waals surface area contributed by atoms with E-state index in [1.165, 1.54) is 5.01 Å². The van der Waals surface area contributed by atoms with Gasteiger partial charge in [0.1, 0.15) is 0 Å². The molecule has 3 rings (SSSR count). The van der Waals surface area contributed by atoms with Crippen LogP contribution in [0.25, 0.3) is 0 Å². The zero-order chi connectivity index (χ0) is 14.1.